The minimum absolute atomic E-state index is 0.260. The van der Waals surface area contributed by atoms with Crippen LogP contribution in [0.1, 0.15) is 77.7 Å². The Hall–Kier alpha value is -2.68. The smallest absolute Gasteiger partial charge is 0.310 e. The number of halogens is 2. The van der Waals surface area contributed by atoms with E-state index in [-0.39, 0.29) is 23.2 Å². The Morgan fingerprint density at radius 3 is 2.42 bits per heavy atom. The van der Waals surface area contributed by atoms with Gasteiger partial charge in [0.25, 0.3) is 11.8 Å². The van der Waals surface area contributed by atoms with E-state index in [2.05, 4.69) is 26.1 Å². The second kappa shape index (κ2) is 12.9. The van der Waals surface area contributed by atoms with Gasteiger partial charge in [-0.2, -0.15) is 0 Å². The zero-order chi connectivity index (χ0) is 29.0. The number of imide groups is 1. The highest BCUT2D eigenvalue weighted by Crippen LogP contribution is 2.42. The highest BCUT2D eigenvalue weighted by Gasteiger charge is 2.35. The first kappa shape index (κ1) is 30.3. The second-order valence-corrected chi connectivity index (χ2v) is 12.9. The first-order chi connectivity index (χ1) is 19.0. The van der Waals surface area contributed by atoms with E-state index in [0.717, 1.165) is 17.2 Å². The van der Waals surface area contributed by atoms with Crippen LogP contribution in [0.4, 0.5) is 5.13 Å². The predicted octanol–water partition coefficient (Wildman–Crippen LogP) is 6.92. The third-order valence-corrected chi connectivity index (χ3v) is 9.11. The number of benzene rings is 1. The number of hydrogen-bond donors (Lipinski definition) is 1. The van der Waals surface area contributed by atoms with Crippen molar-refractivity contribution in [3.05, 3.63) is 68.2 Å². The zero-order valence-electron chi connectivity index (χ0n) is 23.3. The lowest BCUT2D eigenvalue weighted by Gasteiger charge is -2.28. The fourth-order valence-electron chi connectivity index (χ4n) is 5.14. The van der Waals surface area contributed by atoms with E-state index >= 15 is 0 Å². The topological polar surface area (TPSA) is 88.6 Å². The summed E-state index contributed by atoms with van der Waals surface area (Å²) in [6.45, 7) is 7.15. The number of nitrogens with one attached hydrogen (secondary N) is 1. The van der Waals surface area contributed by atoms with E-state index in [1.165, 1.54) is 16.9 Å². The van der Waals surface area contributed by atoms with Crippen LogP contribution in [0.15, 0.2) is 46.5 Å². The molecular formula is C30H35Cl2N3O4S. The van der Waals surface area contributed by atoms with E-state index in [1.54, 1.807) is 35.6 Å². The first-order valence-electron chi connectivity index (χ1n) is 13.6. The normalized spacial score (nSPS) is 19.4. The van der Waals surface area contributed by atoms with Crippen molar-refractivity contribution in [3.8, 4) is 0 Å². The van der Waals surface area contributed by atoms with Gasteiger partial charge in [0.15, 0.2) is 5.13 Å². The summed E-state index contributed by atoms with van der Waals surface area (Å²) in [5.41, 5.74) is 1.50. The van der Waals surface area contributed by atoms with Crippen molar-refractivity contribution in [3.63, 3.8) is 0 Å². The molecule has 0 radical (unpaired) electrons. The molecule has 214 valence electrons. The minimum atomic E-state index is -0.394. The summed E-state index contributed by atoms with van der Waals surface area (Å²) < 4.78 is 5.07. The molecule has 0 saturated heterocycles. The van der Waals surface area contributed by atoms with Crippen LogP contribution in [0.2, 0.25) is 0 Å². The first-order valence-corrected chi connectivity index (χ1v) is 15.1. The largest absolute Gasteiger partial charge is 0.469 e. The number of carbonyl (C=O) groups is 3. The van der Waals surface area contributed by atoms with Gasteiger partial charge in [-0.15, -0.1) is 11.3 Å². The fraction of sp³-hybridized carbons (Fsp3) is 0.467. The molecule has 1 aromatic carbocycles. The molecule has 0 spiro atoms. The van der Waals surface area contributed by atoms with Gasteiger partial charge in [-0.3, -0.25) is 19.3 Å². The van der Waals surface area contributed by atoms with Gasteiger partial charge in [0.05, 0.1) is 39.9 Å². The van der Waals surface area contributed by atoms with Crippen LogP contribution in [0, 0.1) is 11.8 Å². The number of anilines is 1. The van der Waals surface area contributed by atoms with Crippen molar-refractivity contribution < 1.29 is 19.1 Å². The Morgan fingerprint density at radius 2 is 1.82 bits per heavy atom. The number of methoxy groups -OCH3 is 1. The van der Waals surface area contributed by atoms with E-state index < -0.39 is 5.92 Å². The van der Waals surface area contributed by atoms with E-state index in [0.29, 0.717) is 65.9 Å². The Bertz CT molecular complexity index is 1320. The van der Waals surface area contributed by atoms with Gasteiger partial charge in [-0.25, -0.2) is 4.98 Å². The molecule has 2 unspecified atom stereocenters. The van der Waals surface area contributed by atoms with E-state index in [4.69, 9.17) is 32.9 Å². The molecule has 1 aliphatic heterocycles. The molecule has 2 amide bonds. The number of allylic oxidation sites excluding steroid dienone is 4. The fourth-order valence-corrected chi connectivity index (χ4v) is 6.91. The van der Waals surface area contributed by atoms with Crippen molar-refractivity contribution >= 4 is 57.5 Å². The summed E-state index contributed by atoms with van der Waals surface area (Å²) in [6, 6.07) is 6.87. The van der Waals surface area contributed by atoms with Crippen molar-refractivity contribution in [2.45, 2.75) is 58.3 Å². The SMILES string of the molecule is COC(=O)C(CCCCN1C(=O)c2ccccc2C1=O)CNc1nc(C2(C)C=C(Cl)C(Cl)=CC2)c(CC(C)C)s1. The maximum Gasteiger partial charge on any atom is 0.310 e. The van der Waals surface area contributed by atoms with Crippen LogP contribution in [0.5, 0.6) is 0 Å². The van der Waals surface area contributed by atoms with Gasteiger partial charge in [-0.05, 0) is 43.7 Å². The number of esters is 1. The summed E-state index contributed by atoms with van der Waals surface area (Å²) in [4.78, 5) is 45.2. The van der Waals surface area contributed by atoms with Crippen molar-refractivity contribution in [2.75, 3.05) is 25.5 Å². The van der Waals surface area contributed by atoms with Gasteiger partial charge in [-0.1, -0.05) is 74.7 Å². The number of amides is 2. The van der Waals surface area contributed by atoms with E-state index in [9.17, 15) is 14.4 Å². The molecule has 40 heavy (non-hydrogen) atoms. The molecular weight excluding hydrogens is 569 g/mol. The lowest BCUT2D eigenvalue weighted by atomic mass is 9.79. The number of carbonyl (C=O) groups excluding carboxylic acids is 3. The molecule has 2 aliphatic rings. The van der Waals surface area contributed by atoms with Crippen molar-refractivity contribution in [2.24, 2.45) is 11.8 Å². The molecule has 1 aromatic heterocycles. The number of nitrogens with zero attached hydrogens (tertiary/aromatic N) is 2. The van der Waals surface area contributed by atoms with Gasteiger partial charge >= 0.3 is 5.97 Å². The molecule has 7 nitrogen and oxygen atoms in total. The summed E-state index contributed by atoms with van der Waals surface area (Å²) in [5.74, 6) is -0.772. The number of ether oxygens (including phenoxy) is 1. The number of thiazole rings is 1. The molecule has 0 saturated carbocycles. The number of hydrogen-bond acceptors (Lipinski definition) is 7. The zero-order valence-corrected chi connectivity index (χ0v) is 25.6. The average Bonchev–Trinajstić information content (AvgIpc) is 3.44. The van der Waals surface area contributed by atoms with Crippen LogP contribution in [-0.2, 0) is 21.4 Å². The third-order valence-electron chi connectivity index (χ3n) is 7.31. The number of rotatable bonds is 12. The molecule has 2 heterocycles. The second-order valence-electron chi connectivity index (χ2n) is 11.0. The average molecular weight is 605 g/mol. The van der Waals surface area contributed by atoms with Crippen LogP contribution in [0.25, 0.3) is 0 Å². The quantitative estimate of drug-likeness (QED) is 0.161. The van der Waals surface area contributed by atoms with Crippen LogP contribution >= 0.6 is 34.5 Å². The minimum Gasteiger partial charge on any atom is -0.469 e. The number of aromatic nitrogens is 1. The Kier molecular flexibility index (Phi) is 9.75. The van der Waals surface area contributed by atoms with Crippen LogP contribution in [0.3, 0.4) is 0 Å². The molecule has 10 heteroatoms. The molecule has 0 fully saturated rings. The maximum atomic E-state index is 12.6. The highest BCUT2D eigenvalue weighted by atomic mass is 35.5. The molecule has 1 N–H and O–H groups in total. The maximum absolute atomic E-state index is 12.6. The van der Waals surface area contributed by atoms with E-state index in [1.807, 2.05) is 12.2 Å². The lowest BCUT2D eigenvalue weighted by molar-refractivity contribution is -0.145. The van der Waals surface area contributed by atoms with Gasteiger partial charge in [0, 0.05) is 23.4 Å². The number of fused-ring (bicyclic) bond motifs is 1. The lowest BCUT2D eigenvalue weighted by Crippen LogP contribution is -2.31. The molecule has 4 rings (SSSR count). The summed E-state index contributed by atoms with van der Waals surface area (Å²) in [7, 11) is 1.38. The summed E-state index contributed by atoms with van der Waals surface area (Å²) in [6.07, 6.45) is 7.31. The van der Waals surface area contributed by atoms with Gasteiger partial charge < -0.3 is 10.1 Å². The third kappa shape index (κ3) is 6.61. The van der Waals surface area contributed by atoms with Crippen molar-refractivity contribution in [1.29, 1.82) is 0 Å². The summed E-state index contributed by atoms with van der Waals surface area (Å²) in [5, 5.41) is 5.20. The molecule has 0 bridgehead atoms. The van der Waals surface area contributed by atoms with Crippen LogP contribution < -0.4 is 5.32 Å². The molecule has 2 aromatic rings. The Balaban J connectivity index is 1.38. The molecule has 1 aliphatic carbocycles. The Morgan fingerprint density at radius 1 is 1.15 bits per heavy atom. The van der Waals surface area contributed by atoms with Crippen LogP contribution in [-0.4, -0.2) is 47.9 Å². The Labute approximate surface area is 249 Å². The standard InChI is InChI=1S/C30H35Cl2N3O4S/c1-18(2)15-24-25(30(3)13-12-22(31)23(32)16-30)34-29(40-24)33-17-19(28(38)39-4)9-7-8-14-35-26(36)20-10-5-6-11-21(20)27(35)37/h5-6,10-12,16,18-19H,7-9,13-15,17H2,1-4H3,(H,33,34). The predicted molar refractivity (Wildman–Crippen MR) is 160 cm³/mol. The monoisotopic (exact) mass is 603 g/mol. The van der Waals surface area contributed by atoms with Gasteiger partial charge in [0.2, 0.25) is 0 Å². The summed E-state index contributed by atoms with van der Waals surface area (Å²) >= 11 is 14.2. The van der Waals surface area contributed by atoms with Crippen molar-refractivity contribution in [1.82, 2.24) is 9.88 Å². The highest BCUT2D eigenvalue weighted by molar-refractivity contribution is 7.15. The molecule has 2 atom stereocenters. The number of unbranched alkanes of at least 4 members (excludes halogenated alkanes) is 1. The van der Waals surface area contributed by atoms with Gasteiger partial charge in [0.1, 0.15) is 0 Å².